The third-order valence-electron chi connectivity index (χ3n) is 2.57. The molecule has 0 saturated heterocycles. The summed E-state index contributed by atoms with van der Waals surface area (Å²) in [6.45, 7) is 9.57. The second-order valence-corrected chi connectivity index (χ2v) is 3.98. The highest BCUT2D eigenvalue weighted by Crippen LogP contribution is 2.30. The van der Waals surface area contributed by atoms with Crippen LogP contribution in [0.1, 0.15) is 34.1 Å². The molecule has 3 nitrogen and oxygen atoms in total. The van der Waals surface area contributed by atoms with Gasteiger partial charge in [0.1, 0.15) is 0 Å². The van der Waals surface area contributed by atoms with Gasteiger partial charge in [0.15, 0.2) is 11.5 Å². The van der Waals surface area contributed by atoms with E-state index < -0.39 is 0 Å². The lowest BCUT2D eigenvalue weighted by molar-refractivity contribution is 0.288. The Balaban J connectivity index is 2.84. The molecule has 0 bridgehead atoms. The fourth-order valence-electron chi connectivity index (χ4n) is 1.53. The number of benzene rings is 1. The highest BCUT2D eigenvalue weighted by molar-refractivity contribution is 5.55. The Bertz CT molecular complexity index is 339. The molecule has 0 fully saturated rings. The summed E-state index contributed by atoms with van der Waals surface area (Å²) < 4.78 is 11.1. The quantitative estimate of drug-likeness (QED) is 0.784. The predicted octanol–water partition coefficient (Wildman–Crippen LogP) is 3.69. The minimum atomic E-state index is 0.461. The molecule has 0 spiro atoms. The summed E-state index contributed by atoms with van der Waals surface area (Å²) in [7, 11) is 0. The minimum absolute atomic E-state index is 0.461. The van der Waals surface area contributed by atoms with Gasteiger partial charge in [-0.2, -0.15) is 0 Å². The molecule has 0 amide bonds. The van der Waals surface area contributed by atoms with Gasteiger partial charge < -0.3 is 14.8 Å². The third kappa shape index (κ3) is 4.17. The molecule has 0 aliphatic carbocycles. The lowest BCUT2D eigenvalue weighted by atomic mass is 10.2. The Kier molecular flexibility index (Phi) is 5.67. The van der Waals surface area contributed by atoms with Crippen LogP contribution in [0.5, 0.6) is 11.5 Å². The summed E-state index contributed by atoms with van der Waals surface area (Å²) in [5.74, 6) is 1.62. The molecule has 0 heterocycles. The zero-order chi connectivity index (χ0) is 12.7. The van der Waals surface area contributed by atoms with E-state index in [-0.39, 0.29) is 0 Å². The van der Waals surface area contributed by atoms with Gasteiger partial charge in [-0.05, 0) is 39.3 Å². The average Bonchev–Trinajstić information content (AvgIpc) is 2.33. The first-order valence-electron chi connectivity index (χ1n) is 6.37. The number of anilines is 1. The van der Waals surface area contributed by atoms with E-state index in [1.807, 2.05) is 32.0 Å². The summed E-state index contributed by atoms with van der Waals surface area (Å²) in [6, 6.07) is 6.45. The molecule has 0 saturated carbocycles. The molecule has 1 atom stereocenters. The molecule has 0 radical (unpaired) electrons. The lowest BCUT2D eigenvalue weighted by Crippen LogP contribution is -2.13. The minimum Gasteiger partial charge on any atom is -0.490 e. The maximum atomic E-state index is 5.58. The van der Waals surface area contributed by atoms with Gasteiger partial charge in [0, 0.05) is 17.8 Å². The van der Waals surface area contributed by atoms with Crippen LogP contribution in [-0.2, 0) is 0 Å². The van der Waals surface area contributed by atoms with Gasteiger partial charge >= 0.3 is 0 Å². The van der Waals surface area contributed by atoms with Crippen molar-refractivity contribution in [1.82, 2.24) is 0 Å². The van der Waals surface area contributed by atoms with E-state index >= 15 is 0 Å². The van der Waals surface area contributed by atoms with Crippen molar-refractivity contribution in [2.24, 2.45) is 0 Å². The second-order valence-electron chi connectivity index (χ2n) is 3.98. The summed E-state index contributed by atoms with van der Waals surface area (Å²) in [4.78, 5) is 0. The largest absolute Gasteiger partial charge is 0.490 e. The highest BCUT2D eigenvalue weighted by Gasteiger charge is 2.07. The Morgan fingerprint density at radius 2 is 1.71 bits per heavy atom. The fourth-order valence-corrected chi connectivity index (χ4v) is 1.53. The number of rotatable bonds is 7. The van der Waals surface area contributed by atoms with Gasteiger partial charge in [0.05, 0.1) is 13.2 Å². The standard InChI is InChI=1S/C14H23NO2/c1-5-11(4)15-12-8-9-13(16-6-2)14(10-12)17-7-3/h8-11,15H,5-7H2,1-4H3. The lowest BCUT2D eigenvalue weighted by Gasteiger charge is -2.16. The predicted molar refractivity (Wildman–Crippen MR) is 72.2 cm³/mol. The first kappa shape index (κ1) is 13.7. The normalized spacial score (nSPS) is 12.0. The van der Waals surface area contributed by atoms with Crippen molar-refractivity contribution in [3.05, 3.63) is 18.2 Å². The van der Waals surface area contributed by atoms with Crippen LogP contribution >= 0.6 is 0 Å². The maximum absolute atomic E-state index is 5.58. The molecule has 1 rings (SSSR count). The summed E-state index contributed by atoms with van der Waals surface area (Å²) in [6.07, 6.45) is 1.09. The van der Waals surface area contributed by atoms with Crippen molar-refractivity contribution in [3.63, 3.8) is 0 Å². The van der Waals surface area contributed by atoms with E-state index in [1.54, 1.807) is 0 Å². The summed E-state index contributed by atoms with van der Waals surface area (Å²) in [5, 5.41) is 3.42. The summed E-state index contributed by atoms with van der Waals surface area (Å²) in [5.41, 5.74) is 1.08. The SMILES string of the molecule is CCOc1ccc(NC(C)CC)cc1OCC. The first-order valence-corrected chi connectivity index (χ1v) is 6.37. The Hall–Kier alpha value is -1.38. The summed E-state index contributed by atoms with van der Waals surface area (Å²) >= 11 is 0. The van der Waals surface area contributed by atoms with Crippen LogP contribution in [0.25, 0.3) is 0 Å². The Morgan fingerprint density at radius 1 is 1.06 bits per heavy atom. The molecule has 1 N–H and O–H groups in total. The smallest absolute Gasteiger partial charge is 0.163 e. The topological polar surface area (TPSA) is 30.5 Å². The maximum Gasteiger partial charge on any atom is 0.163 e. The van der Waals surface area contributed by atoms with Crippen molar-refractivity contribution >= 4 is 5.69 Å². The van der Waals surface area contributed by atoms with E-state index in [0.717, 1.165) is 23.6 Å². The fraction of sp³-hybridized carbons (Fsp3) is 0.571. The van der Waals surface area contributed by atoms with Crippen molar-refractivity contribution < 1.29 is 9.47 Å². The Morgan fingerprint density at radius 3 is 2.29 bits per heavy atom. The van der Waals surface area contributed by atoms with Crippen LogP contribution in [0.3, 0.4) is 0 Å². The third-order valence-corrected chi connectivity index (χ3v) is 2.57. The van der Waals surface area contributed by atoms with Gasteiger partial charge in [-0.15, -0.1) is 0 Å². The zero-order valence-electron chi connectivity index (χ0n) is 11.2. The van der Waals surface area contributed by atoms with Crippen LogP contribution in [0.15, 0.2) is 18.2 Å². The van der Waals surface area contributed by atoms with Crippen LogP contribution in [0, 0.1) is 0 Å². The number of hydrogen-bond acceptors (Lipinski definition) is 3. The van der Waals surface area contributed by atoms with Crippen LogP contribution in [0.4, 0.5) is 5.69 Å². The first-order chi connectivity index (χ1) is 8.21. The molecule has 0 aliphatic heterocycles. The van der Waals surface area contributed by atoms with Gasteiger partial charge in [-0.25, -0.2) is 0 Å². The van der Waals surface area contributed by atoms with E-state index in [2.05, 4.69) is 19.2 Å². The monoisotopic (exact) mass is 237 g/mol. The van der Waals surface area contributed by atoms with Crippen molar-refractivity contribution in [2.45, 2.75) is 40.2 Å². The second kappa shape index (κ2) is 7.05. The van der Waals surface area contributed by atoms with E-state index in [1.165, 1.54) is 0 Å². The molecule has 3 heteroatoms. The van der Waals surface area contributed by atoms with Crippen molar-refractivity contribution in [2.75, 3.05) is 18.5 Å². The molecule has 1 aromatic carbocycles. The number of ether oxygens (including phenoxy) is 2. The van der Waals surface area contributed by atoms with Crippen molar-refractivity contribution in [3.8, 4) is 11.5 Å². The van der Waals surface area contributed by atoms with E-state index in [9.17, 15) is 0 Å². The van der Waals surface area contributed by atoms with E-state index in [0.29, 0.717) is 19.3 Å². The van der Waals surface area contributed by atoms with E-state index in [4.69, 9.17) is 9.47 Å². The van der Waals surface area contributed by atoms with Gasteiger partial charge in [0.25, 0.3) is 0 Å². The average molecular weight is 237 g/mol. The van der Waals surface area contributed by atoms with Gasteiger partial charge in [-0.1, -0.05) is 6.92 Å². The zero-order valence-corrected chi connectivity index (χ0v) is 11.2. The van der Waals surface area contributed by atoms with Gasteiger partial charge in [0.2, 0.25) is 0 Å². The molecule has 1 aromatic rings. The number of hydrogen-bond donors (Lipinski definition) is 1. The van der Waals surface area contributed by atoms with Crippen LogP contribution in [-0.4, -0.2) is 19.3 Å². The molecule has 96 valence electrons. The molecule has 0 aliphatic rings. The van der Waals surface area contributed by atoms with Gasteiger partial charge in [-0.3, -0.25) is 0 Å². The molecule has 0 aromatic heterocycles. The Labute approximate surface area is 104 Å². The van der Waals surface area contributed by atoms with Crippen LogP contribution in [0.2, 0.25) is 0 Å². The molecular formula is C14H23NO2. The molecule has 1 unspecified atom stereocenters. The highest BCUT2D eigenvalue weighted by atomic mass is 16.5. The molecule has 17 heavy (non-hydrogen) atoms. The van der Waals surface area contributed by atoms with Crippen LogP contribution < -0.4 is 14.8 Å². The number of nitrogens with one attached hydrogen (secondary N) is 1. The van der Waals surface area contributed by atoms with Crippen molar-refractivity contribution in [1.29, 1.82) is 0 Å². The molecular weight excluding hydrogens is 214 g/mol.